The Balaban J connectivity index is 1.56. The van der Waals surface area contributed by atoms with E-state index < -0.39 is 0 Å². The molecule has 1 amide bonds. The Morgan fingerprint density at radius 3 is 2.48 bits per heavy atom. The molecule has 0 spiro atoms. The summed E-state index contributed by atoms with van der Waals surface area (Å²) < 4.78 is 6.89. The molecule has 3 aromatic rings. The first-order valence-corrected chi connectivity index (χ1v) is 9.98. The first kappa shape index (κ1) is 19.2. The molecule has 0 radical (unpaired) electrons. The van der Waals surface area contributed by atoms with Crippen LogP contribution in [0.15, 0.2) is 54.7 Å². The maximum atomic E-state index is 13.3. The number of methoxy groups -OCH3 is 1. The summed E-state index contributed by atoms with van der Waals surface area (Å²) in [6.45, 7) is 4.71. The molecule has 1 atom stereocenters. The minimum atomic E-state index is -0.0846. The first-order chi connectivity index (χ1) is 14.0. The highest BCUT2D eigenvalue weighted by Crippen LogP contribution is 2.36. The second-order valence-corrected chi connectivity index (χ2v) is 7.74. The summed E-state index contributed by atoms with van der Waals surface area (Å²) in [5, 5.41) is 8.34. The zero-order valence-corrected chi connectivity index (χ0v) is 17.1. The molecule has 6 nitrogen and oxygen atoms in total. The molecule has 1 saturated carbocycles. The molecule has 1 aliphatic carbocycles. The van der Waals surface area contributed by atoms with Gasteiger partial charge in [0.2, 0.25) is 0 Å². The van der Waals surface area contributed by atoms with Crippen LogP contribution in [-0.2, 0) is 6.54 Å². The second-order valence-electron chi connectivity index (χ2n) is 7.74. The van der Waals surface area contributed by atoms with Gasteiger partial charge in [-0.15, -0.1) is 5.10 Å². The van der Waals surface area contributed by atoms with Crippen LogP contribution in [0.2, 0.25) is 0 Å². The van der Waals surface area contributed by atoms with Crippen LogP contribution in [-0.4, -0.2) is 39.0 Å². The van der Waals surface area contributed by atoms with Gasteiger partial charge >= 0.3 is 0 Å². The third-order valence-corrected chi connectivity index (χ3v) is 5.58. The third kappa shape index (κ3) is 4.31. The molecule has 0 N–H and O–H groups in total. The van der Waals surface area contributed by atoms with Gasteiger partial charge in [0.15, 0.2) is 5.69 Å². The van der Waals surface area contributed by atoms with Crippen LogP contribution in [0.25, 0.3) is 5.69 Å². The number of hydrogen-bond donors (Lipinski definition) is 0. The van der Waals surface area contributed by atoms with E-state index in [1.54, 1.807) is 18.0 Å². The predicted octanol–water partition coefficient (Wildman–Crippen LogP) is 4.03. The minimum absolute atomic E-state index is 0.0846. The largest absolute Gasteiger partial charge is 0.497 e. The van der Waals surface area contributed by atoms with E-state index in [0.29, 0.717) is 18.2 Å². The molecular weight excluding hydrogens is 364 g/mol. The molecule has 1 fully saturated rings. The number of amides is 1. The van der Waals surface area contributed by atoms with Crippen molar-refractivity contribution < 1.29 is 9.53 Å². The summed E-state index contributed by atoms with van der Waals surface area (Å²) in [6, 6.07) is 16.0. The van der Waals surface area contributed by atoms with Gasteiger partial charge in [0.05, 0.1) is 19.0 Å². The van der Waals surface area contributed by atoms with Crippen molar-refractivity contribution in [3.63, 3.8) is 0 Å². The lowest BCUT2D eigenvalue weighted by molar-refractivity contribution is 0.0648. The molecule has 150 valence electrons. The Kier molecular flexibility index (Phi) is 5.34. The van der Waals surface area contributed by atoms with Crippen LogP contribution in [0.4, 0.5) is 0 Å². The summed E-state index contributed by atoms with van der Waals surface area (Å²) in [5.74, 6) is 1.28. The van der Waals surface area contributed by atoms with Crippen LogP contribution in [0.1, 0.15) is 41.4 Å². The normalized spacial score (nSPS) is 14.4. The van der Waals surface area contributed by atoms with Crippen LogP contribution >= 0.6 is 0 Å². The van der Waals surface area contributed by atoms with Crippen molar-refractivity contribution in [3.8, 4) is 11.4 Å². The van der Waals surface area contributed by atoms with Crippen molar-refractivity contribution in [1.82, 2.24) is 19.9 Å². The summed E-state index contributed by atoms with van der Waals surface area (Å²) in [4.78, 5) is 15.2. The number of aryl methyl sites for hydroxylation is 1. The number of ether oxygens (including phenoxy) is 1. The molecule has 1 unspecified atom stereocenters. The molecule has 29 heavy (non-hydrogen) atoms. The highest BCUT2D eigenvalue weighted by atomic mass is 16.5. The monoisotopic (exact) mass is 390 g/mol. The summed E-state index contributed by atoms with van der Waals surface area (Å²) in [6.07, 6.45) is 4.06. The fourth-order valence-electron chi connectivity index (χ4n) is 3.49. The van der Waals surface area contributed by atoms with Gasteiger partial charge in [0, 0.05) is 12.6 Å². The van der Waals surface area contributed by atoms with Crippen molar-refractivity contribution in [2.45, 2.75) is 39.3 Å². The Labute approximate surface area is 171 Å². The van der Waals surface area contributed by atoms with Gasteiger partial charge in [0.1, 0.15) is 5.75 Å². The van der Waals surface area contributed by atoms with E-state index in [1.807, 2.05) is 60.4 Å². The summed E-state index contributed by atoms with van der Waals surface area (Å²) in [7, 11) is 1.65. The second kappa shape index (κ2) is 8.07. The number of aromatic nitrogens is 3. The number of carbonyl (C=O) groups is 1. The van der Waals surface area contributed by atoms with Crippen molar-refractivity contribution in [1.29, 1.82) is 0 Å². The Morgan fingerprint density at radius 1 is 1.17 bits per heavy atom. The SMILES string of the molecule is COc1ccc(CN(C(=O)c2cn(-c3ccc(C)cc3)nn2)C(C)C2CC2)cc1. The van der Waals surface area contributed by atoms with E-state index in [0.717, 1.165) is 17.0 Å². The van der Waals surface area contributed by atoms with E-state index >= 15 is 0 Å². The highest BCUT2D eigenvalue weighted by molar-refractivity contribution is 5.92. The predicted molar refractivity (Wildman–Crippen MR) is 111 cm³/mol. The van der Waals surface area contributed by atoms with Gasteiger partial charge in [-0.25, -0.2) is 4.68 Å². The maximum Gasteiger partial charge on any atom is 0.276 e. The molecule has 2 aromatic carbocycles. The topological polar surface area (TPSA) is 60.2 Å². The lowest BCUT2D eigenvalue weighted by Gasteiger charge is -2.29. The zero-order valence-electron chi connectivity index (χ0n) is 17.1. The lowest BCUT2D eigenvalue weighted by atomic mass is 10.1. The molecule has 1 aromatic heterocycles. The van der Waals surface area contributed by atoms with Gasteiger partial charge in [-0.1, -0.05) is 35.0 Å². The quantitative estimate of drug-likeness (QED) is 0.611. The van der Waals surface area contributed by atoms with Gasteiger partial charge in [-0.05, 0) is 62.4 Å². The number of nitrogens with zero attached hydrogens (tertiary/aromatic N) is 4. The van der Waals surface area contributed by atoms with Crippen molar-refractivity contribution in [3.05, 3.63) is 71.5 Å². The number of carbonyl (C=O) groups excluding carboxylic acids is 1. The molecule has 0 aliphatic heterocycles. The molecule has 0 saturated heterocycles. The molecular formula is C23H26N4O2. The number of hydrogen-bond acceptors (Lipinski definition) is 4. The minimum Gasteiger partial charge on any atom is -0.497 e. The average Bonchev–Trinajstić information content (AvgIpc) is 3.49. The van der Waals surface area contributed by atoms with E-state index in [4.69, 9.17) is 4.74 Å². The fraction of sp³-hybridized carbons (Fsp3) is 0.348. The van der Waals surface area contributed by atoms with Gasteiger partial charge in [-0.3, -0.25) is 4.79 Å². The van der Waals surface area contributed by atoms with Gasteiger partial charge in [-0.2, -0.15) is 0 Å². The lowest BCUT2D eigenvalue weighted by Crippen LogP contribution is -2.39. The van der Waals surface area contributed by atoms with Crippen molar-refractivity contribution in [2.75, 3.05) is 7.11 Å². The van der Waals surface area contributed by atoms with Crippen molar-refractivity contribution in [2.24, 2.45) is 5.92 Å². The van der Waals surface area contributed by atoms with Crippen LogP contribution in [0, 0.1) is 12.8 Å². The van der Waals surface area contributed by atoms with Crippen LogP contribution < -0.4 is 4.74 Å². The third-order valence-electron chi connectivity index (χ3n) is 5.58. The smallest absolute Gasteiger partial charge is 0.276 e. The number of rotatable bonds is 7. The van der Waals surface area contributed by atoms with Gasteiger partial charge in [0.25, 0.3) is 5.91 Å². The molecule has 6 heteroatoms. The zero-order chi connectivity index (χ0) is 20.4. The first-order valence-electron chi connectivity index (χ1n) is 9.98. The van der Waals surface area contributed by atoms with E-state index in [2.05, 4.69) is 17.2 Å². The number of benzene rings is 2. The van der Waals surface area contributed by atoms with Gasteiger partial charge < -0.3 is 9.64 Å². The summed E-state index contributed by atoms with van der Waals surface area (Å²) >= 11 is 0. The molecule has 1 aliphatic rings. The van der Waals surface area contributed by atoms with E-state index in [1.165, 1.54) is 18.4 Å². The average molecular weight is 390 g/mol. The maximum absolute atomic E-state index is 13.3. The summed E-state index contributed by atoms with van der Waals surface area (Å²) in [5.41, 5.74) is 3.50. The Morgan fingerprint density at radius 2 is 1.86 bits per heavy atom. The molecule has 4 rings (SSSR count). The Hall–Kier alpha value is -3.15. The molecule has 0 bridgehead atoms. The standard InChI is InChI=1S/C23H26N4O2/c1-16-4-10-20(11-5-16)27-15-22(24-25-27)23(28)26(17(2)19-8-9-19)14-18-6-12-21(29-3)13-7-18/h4-7,10-13,15,17,19H,8-9,14H2,1-3H3. The van der Waals surface area contributed by atoms with E-state index in [9.17, 15) is 4.79 Å². The van der Waals surface area contributed by atoms with E-state index in [-0.39, 0.29) is 11.9 Å². The molecule has 1 heterocycles. The highest BCUT2D eigenvalue weighted by Gasteiger charge is 2.35. The fourth-order valence-corrected chi connectivity index (χ4v) is 3.49. The van der Waals surface area contributed by atoms with Crippen LogP contribution in [0.5, 0.6) is 5.75 Å². The van der Waals surface area contributed by atoms with Crippen LogP contribution in [0.3, 0.4) is 0 Å². The van der Waals surface area contributed by atoms with Crippen molar-refractivity contribution >= 4 is 5.91 Å². The Bertz CT molecular complexity index is 975.